The molecule has 1 amide bonds. The van der Waals surface area contributed by atoms with E-state index in [9.17, 15) is 4.79 Å². The maximum Gasteiger partial charge on any atom is 0.264 e. The molecule has 1 saturated heterocycles. The lowest BCUT2D eigenvalue weighted by atomic mass is 10.0. The second-order valence-corrected chi connectivity index (χ2v) is 7.83. The van der Waals surface area contributed by atoms with Crippen LogP contribution >= 0.6 is 22.9 Å². The second-order valence-electron chi connectivity index (χ2n) is 6.11. The highest BCUT2D eigenvalue weighted by Crippen LogP contribution is 2.26. The number of likely N-dealkylation sites (tertiary alicyclic amines) is 1. The molecule has 0 bridgehead atoms. The molecule has 1 aromatic heterocycles. The lowest BCUT2D eigenvalue weighted by Crippen LogP contribution is -2.44. The number of halogens is 1. The summed E-state index contributed by atoms with van der Waals surface area (Å²) < 4.78 is 0.714. The lowest BCUT2D eigenvalue weighted by molar-refractivity contribution is -0.131. The predicted octanol–water partition coefficient (Wildman–Crippen LogP) is 2.89. The Labute approximate surface area is 145 Å². The van der Waals surface area contributed by atoms with Gasteiger partial charge in [-0.1, -0.05) is 23.2 Å². The molecule has 7 heteroatoms. The average Bonchev–Trinajstić information content (AvgIpc) is 3.18. The number of piperidine rings is 1. The molecule has 1 aromatic rings. The van der Waals surface area contributed by atoms with Crippen LogP contribution in [0.5, 0.6) is 0 Å². The van der Waals surface area contributed by atoms with Gasteiger partial charge in [-0.15, -0.1) is 11.3 Å². The Balaban J connectivity index is 1.41. The Bertz CT molecular complexity index is 590. The third-order valence-electron chi connectivity index (χ3n) is 4.46. The standard InChI is InChI=1S/C16H22ClN3O2S/c1-11-4-2-3-8-20(11)9-7-18-16(21)13-10-12(19-22-13)14-5-6-15(17)23-14/h5-6,11,13H,2-4,7-10H2,1H3,(H,18,21)/t11-,13+/m1/s1. The highest BCUT2D eigenvalue weighted by molar-refractivity contribution is 7.18. The molecule has 23 heavy (non-hydrogen) atoms. The van der Waals surface area contributed by atoms with Crippen molar-refractivity contribution in [2.24, 2.45) is 5.16 Å². The first-order valence-corrected chi connectivity index (χ1v) is 9.33. The monoisotopic (exact) mass is 355 g/mol. The molecule has 0 aliphatic carbocycles. The van der Waals surface area contributed by atoms with Crippen molar-refractivity contribution in [1.82, 2.24) is 10.2 Å². The number of nitrogens with one attached hydrogen (secondary N) is 1. The van der Waals surface area contributed by atoms with Crippen LogP contribution in [0, 0.1) is 0 Å². The fraction of sp³-hybridized carbons (Fsp3) is 0.625. The lowest BCUT2D eigenvalue weighted by Gasteiger charge is -2.33. The summed E-state index contributed by atoms with van der Waals surface area (Å²) in [6.07, 6.45) is 3.80. The molecule has 126 valence electrons. The largest absolute Gasteiger partial charge is 0.382 e. The fourth-order valence-electron chi connectivity index (χ4n) is 3.06. The fourth-order valence-corrected chi connectivity index (χ4v) is 4.09. The number of rotatable bonds is 5. The number of amides is 1. The van der Waals surface area contributed by atoms with Gasteiger partial charge in [0.1, 0.15) is 5.71 Å². The van der Waals surface area contributed by atoms with Gasteiger partial charge in [0, 0.05) is 25.6 Å². The van der Waals surface area contributed by atoms with E-state index in [-0.39, 0.29) is 5.91 Å². The first-order chi connectivity index (χ1) is 11.1. The van der Waals surface area contributed by atoms with E-state index in [1.165, 1.54) is 30.6 Å². The van der Waals surface area contributed by atoms with Crippen molar-refractivity contribution in [3.8, 4) is 0 Å². The van der Waals surface area contributed by atoms with Crippen LogP contribution in [0.15, 0.2) is 17.3 Å². The zero-order valence-electron chi connectivity index (χ0n) is 13.3. The molecule has 5 nitrogen and oxygen atoms in total. The topological polar surface area (TPSA) is 53.9 Å². The van der Waals surface area contributed by atoms with Crippen molar-refractivity contribution in [3.05, 3.63) is 21.3 Å². The van der Waals surface area contributed by atoms with E-state index in [0.29, 0.717) is 23.3 Å². The van der Waals surface area contributed by atoms with Gasteiger partial charge in [-0.25, -0.2) is 0 Å². The summed E-state index contributed by atoms with van der Waals surface area (Å²) in [6, 6.07) is 4.35. The average molecular weight is 356 g/mol. The number of oxime groups is 1. The molecule has 3 rings (SSSR count). The number of hydrogen-bond acceptors (Lipinski definition) is 5. The van der Waals surface area contributed by atoms with Gasteiger partial charge in [0.2, 0.25) is 6.10 Å². The van der Waals surface area contributed by atoms with Gasteiger partial charge < -0.3 is 10.2 Å². The summed E-state index contributed by atoms with van der Waals surface area (Å²) in [4.78, 5) is 20.9. The maximum absolute atomic E-state index is 12.2. The highest BCUT2D eigenvalue weighted by atomic mass is 35.5. The molecular weight excluding hydrogens is 334 g/mol. The number of carbonyl (C=O) groups is 1. The van der Waals surface area contributed by atoms with Crippen molar-refractivity contribution in [1.29, 1.82) is 0 Å². The molecule has 1 N–H and O–H groups in total. The number of carbonyl (C=O) groups excluding carboxylic acids is 1. The van der Waals surface area contributed by atoms with Crippen LogP contribution in [0.3, 0.4) is 0 Å². The molecule has 2 atom stereocenters. The Morgan fingerprint density at radius 3 is 3.13 bits per heavy atom. The molecule has 0 radical (unpaired) electrons. The van der Waals surface area contributed by atoms with Gasteiger partial charge in [-0.3, -0.25) is 9.69 Å². The number of nitrogens with zero attached hydrogens (tertiary/aromatic N) is 2. The zero-order valence-corrected chi connectivity index (χ0v) is 14.8. The van der Waals surface area contributed by atoms with Crippen LogP contribution in [0.2, 0.25) is 4.34 Å². The van der Waals surface area contributed by atoms with E-state index in [2.05, 4.69) is 22.3 Å². The second kappa shape index (κ2) is 7.64. The smallest absolute Gasteiger partial charge is 0.264 e. The Hall–Kier alpha value is -1.11. The van der Waals surface area contributed by atoms with E-state index in [4.69, 9.17) is 16.4 Å². The number of thiophene rings is 1. The minimum atomic E-state index is -0.523. The van der Waals surface area contributed by atoms with Crippen molar-refractivity contribution in [3.63, 3.8) is 0 Å². The van der Waals surface area contributed by atoms with Gasteiger partial charge in [-0.05, 0) is 38.4 Å². The van der Waals surface area contributed by atoms with E-state index >= 15 is 0 Å². The van der Waals surface area contributed by atoms with Crippen LogP contribution in [0.4, 0.5) is 0 Å². The number of hydrogen-bond donors (Lipinski definition) is 1. The zero-order chi connectivity index (χ0) is 16.2. The van der Waals surface area contributed by atoms with E-state index in [1.54, 1.807) is 0 Å². The predicted molar refractivity (Wildman–Crippen MR) is 93.3 cm³/mol. The normalized spacial score (nSPS) is 25.0. The quantitative estimate of drug-likeness (QED) is 0.883. The van der Waals surface area contributed by atoms with Gasteiger partial charge in [0.05, 0.1) is 9.21 Å². The minimum absolute atomic E-state index is 0.0870. The summed E-state index contributed by atoms with van der Waals surface area (Å²) >= 11 is 7.38. The molecule has 2 aliphatic rings. The summed E-state index contributed by atoms with van der Waals surface area (Å²) in [5.41, 5.74) is 0.798. The van der Waals surface area contributed by atoms with E-state index < -0.39 is 6.10 Å². The molecule has 0 aromatic carbocycles. The maximum atomic E-state index is 12.2. The van der Waals surface area contributed by atoms with Gasteiger partial charge in [0.25, 0.3) is 5.91 Å². The molecule has 0 unspecified atom stereocenters. The molecule has 0 saturated carbocycles. The Morgan fingerprint density at radius 1 is 1.52 bits per heavy atom. The van der Waals surface area contributed by atoms with Crippen LogP contribution in [-0.4, -0.2) is 48.3 Å². The molecule has 0 spiro atoms. The van der Waals surface area contributed by atoms with Crippen LogP contribution in [0.1, 0.15) is 37.5 Å². The first-order valence-electron chi connectivity index (χ1n) is 8.13. The molecular formula is C16H22ClN3O2S. The Morgan fingerprint density at radius 2 is 2.39 bits per heavy atom. The third-order valence-corrected chi connectivity index (χ3v) is 5.74. The van der Waals surface area contributed by atoms with Crippen molar-refractivity contribution in [2.45, 2.75) is 44.8 Å². The van der Waals surface area contributed by atoms with E-state index in [1.807, 2.05) is 12.1 Å². The van der Waals surface area contributed by atoms with E-state index in [0.717, 1.165) is 23.7 Å². The van der Waals surface area contributed by atoms with Crippen molar-refractivity contribution >= 4 is 34.6 Å². The Kier molecular flexibility index (Phi) is 5.56. The van der Waals surface area contributed by atoms with Gasteiger partial charge in [-0.2, -0.15) is 0 Å². The molecule has 3 heterocycles. The van der Waals surface area contributed by atoms with Crippen LogP contribution in [0.25, 0.3) is 0 Å². The van der Waals surface area contributed by atoms with Gasteiger partial charge in [0.15, 0.2) is 0 Å². The summed E-state index contributed by atoms with van der Waals surface area (Å²) in [5, 5.41) is 7.00. The summed E-state index contributed by atoms with van der Waals surface area (Å²) in [7, 11) is 0. The van der Waals surface area contributed by atoms with Crippen LogP contribution < -0.4 is 5.32 Å². The molecule has 2 aliphatic heterocycles. The van der Waals surface area contributed by atoms with Crippen LogP contribution in [-0.2, 0) is 9.63 Å². The molecule has 1 fully saturated rings. The van der Waals surface area contributed by atoms with Crippen molar-refractivity contribution < 1.29 is 9.63 Å². The van der Waals surface area contributed by atoms with Gasteiger partial charge >= 0.3 is 0 Å². The SMILES string of the molecule is C[C@@H]1CCCCN1CCNC(=O)[C@@H]1CC(c2ccc(Cl)s2)=NO1. The minimum Gasteiger partial charge on any atom is -0.382 e. The summed E-state index contributed by atoms with van der Waals surface area (Å²) in [5.74, 6) is -0.0870. The summed E-state index contributed by atoms with van der Waals surface area (Å²) in [6.45, 7) is 4.94. The first kappa shape index (κ1) is 16.7. The van der Waals surface area contributed by atoms with Crippen molar-refractivity contribution in [2.75, 3.05) is 19.6 Å². The third kappa shape index (κ3) is 4.25. The highest BCUT2D eigenvalue weighted by Gasteiger charge is 2.29.